The molecule has 0 N–H and O–H groups in total. The Balaban J connectivity index is 1.65. The van der Waals surface area contributed by atoms with Crippen molar-refractivity contribution in [1.29, 1.82) is 0 Å². The predicted octanol–water partition coefficient (Wildman–Crippen LogP) is 3.94. The minimum atomic E-state index is -4.49. The van der Waals surface area contributed by atoms with E-state index in [1.165, 1.54) is 30.0 Å². The quantitative estimate of drug-likeness (QED) is 0.705. The van der Waals surface area contributed by atoms with E-state index in [-0.39, 0.29) is 36.3 Å². The molecule has 2 aliphatic heterocycles. The van der Waals surface area contributed by atoms with Crippen LogP contribution in [0.15, 0.2) is 30.3 Å². The summed E-state index contributed by atoms with van der Waals surface area (Å²) in [5, 5.41) is 0. The standard InChI is InChI=1S/C20H19F4N3O2/c1-12-9-13(20(22,23)24)10-18(25-12)26-6-2-3-16(26)19(28)27-7-8-29-17-11-14(21)4-5-15(17)27/h4-5,9-11,16H,2-3,6-8H2,1H3/t16-/m0/s1. The number of carbonyl (C=O) groups is 1. The number of alkyl halides is 3. The zero-order chi connectivity index (χ0) is 20.8. The van der Waals surface area contributed by atoms with Crippen LogP contribution < -0.4 is 14.5 Å². The molecule has 0 bridgehead atoms. The van der Waals surface area contributed by atoms with Crippen molar-refractivity contribution >= 4 is 17.4 Å². The Labute approximate surface area is 164 Å². The van der Waals surface area contributed by atoms with Crippen molar-refractivity contribution in [3.8, 4) is 5.75 Å². The zero-order valence-electron chi connectivity index (χ0n) is 15.7. The molecule has 154 valence electrons. The Morgan fingerprint density at radius 1 is 1.21 bits per heavy atom. The van der Waals surface area contributed by atoms with E-state index in [0.29, 0.717) is 25.1 Å². The summed E-state index contributed by atoms with van der Waals surface area (Å²) in [6.45, 7) is 2.44. The molecule has 1 atom stereocenters. The van der Waals surface area contributed by atoms with Gasteiger partial charge in [-0.1, -0.05) is 0 Å². The number of rotatable bonds is 2. The first-order valence-corrected chi connectivity index (χ1v) is 9.30. The van der Waals surface area contributed by atoms with E-state index < -0.39 is 23.6 Å². The number of benzene rings is 1. The molecule has 29 heavy (non-hydrogen) atoms. The van der Waals surface area contributed by atoms with Gasteiger partial charge in [0.15, 0.2) is 0 Å². The second-order valence-corrected chi connectivity index (χ2v) is 7.15. The Hall–Kier alpha value is -2.84. The van der Waals surface area contributed by atoms with Gasteiger partial charge in [0.05, 0.1) is 17.8 Å². The van der Waals surface area contributed by atoms with Crippen molar-refractivity contribution in [3.05, 3.63) is 47.4 Å². The molecule has 4 rings (SSSR count). The number of amides is 1. The van der Waals surface area contributed by atoms with Gasteiger partial charge in [0, 0.05) is 18.3 Å². The highest BCUT2D eigenvalue weighted by Gasteiger charge is 2.38. The number of anilines is 2. The van der Waals surface area contributed by atoms with Crippen LogP contribution in [0.3, 0.4) is 0 Å². The number of aryl methyl sites for hydroxylation is 1. The van der Waals surface area contributed by atoms with E-state index >= 15 is 0 Å². The van der Waals surface area contributed by atoms with Crippen molar-refractivity contribution in [1.82, 2.24) is 4.98 Å². The summed E-state index contributed by atoms with van der Waals surface area (Å²) in [6.07, 6.45) is -3.33. The average Bonchev–Trinajstić information content (AvgIpc) is 3.15. The molecular weight excluding hydrogens is 390 g/mol. The lowest BCUT2D eigenvalue weighted by Gasteiger charge is -2.34. The van der Waals surface area contributed by atoms with E-state index in [0.717, 1.165) is 12.1 Å². The van der Waals surface area contributed by atoms with E-state index in [1.54, 1.807) is 4.90 Å². The molecule has 1 aromatic carbocycles. The minimum Gasteiger partial charge on any atom is -0.489 e. The van der Waals surface area contributed by atoms with Crippen LogP contribution in [-0.2, 0) is 11.0 Å². The third kappa shape index (κ3) is 3.73. The monoisotopic (exact) mass is 409 g/mol. The molecule has 1 aromatic heterocycles. The maximum atomic E-state index is 13.5. The third-order valence-electron chi connectivity index (χ3n) is 5.15. The van der Waals surface area contributed by atoms with E-state index in [9.17, 15) is 22.4 Å². The fourth-order valence-electron chi connectivity index (χ4n) is 3.86. The van der Waals surface area contributed by atoms with Gasteiger partial charge in [-0.25, -0.2) is 9.37 Å². The Morgan fingerprint density at radius 3 is 2.76 bits per heavy atom. The number of nitrogens with zero attached hydrogens (tertiary/aromatic N) is 3. The lowest BCUT2D eigenvalue weighted by Crippen LogP contribution is -2.49. The maximum absolute atomic E-state index is 13.5. The summed E-state index contributed by atoms with van der Waals surface area (Å²) >= 11 is 0. The number of carbonyl (C=O) groups excluding carboxylic acids is 1. The van der Waals surface area contributed by atoms with Gasteiger partial charge in [-0.3, -0.25) is 4.79 Å². The first-order chi connectivity index (χ1) is 13.7. The highest BCUT2D eigenvalue weighted by molar-refractivity contribution is 6.00. The molecular formula is C20H19F4N3O2. The summed E-state index contributed by atoms with van der Waals surface area (Å²) < 4.78 is 58.6. The second-order valence-electron chi connectivity index (χ2n) is 7.15. The molecule has 9 heteroatoms. The fraction of sp³-hybridized carbons (Fsp3) is 0.400. The Bertz CT molecular complexity index is 948. The van der Waals surface area contributed by atoms with Crippen LogP contribution in [0.25, 0.3) is 0 Å². The number of ether oxygens (including phenoxy) is 1. The molecule has 1 fully saturated rings. The molecule has 1 amide bonds. The van der Waals surface area contributed by atoms with Crippen molar-refractivity contribution in [2.45, 2.75) is 32.0 Å². The molecule has 0 unspecified atom stereocenters. The van der Waals surface area contributed by atoms with Gasteiger partial charge in [-0.05, 0) is 44.0 Å². The number of fused-ring (bicyclic) bond motifs is 1. The van der Waals surface area contributed by atoms with Gasteiger partial charge in [0.2, 0.25) is 5.91 Å². The zero-order valence-corrected chi connectivity index (χ0v) is 15.7. The van der Waals surface area contributed by atoms with Crippen LogP contribution >= 0.6 is 0 Å². The Morgan fingerprint density at radius 2 is 2.00 bits per heavy atom. The second kappa shape index (κ2) is 7.20. The largest absolute Gasteiger partial charge is 0.489 e. The van der Waals surface area contributed by atoms with Gasteiger partial charge in [0.25, 0.3) is 0 Å². The summed E-state index contributed by atoms with van der Waals surface area (Å²) in [6, 6.07) is 5.29. The van der Waals surface area contributed by atoms with Crippen molar-refractivity contribution in [3.63, 3.8) is 0 Å². The molecule has 0 aliphatic carbocycles. The summed E-state index contributed by atoms with van der Waals surface area (Å²) in [7, 11) is 0. The van der Waals surface area contributed by atoms with Crippen molar-refractivity contribution < 1.29 is 27.1 Å². The number of hydrogen-bond acceptors (Lipinski definition) is 4. The van der Waals surface area contributed by atoms with Crippen LogP contribution in [0, 0.1) is 12.7 Å². The predicted molar refractivity (Wildman–Crippen MR) is 98.6 cm³/mol. The van der Waals surface area contributed by atoms with E-state index in [1.807, 2.05) is 0 Å². The van der Waals surface area contributed by atoms with Crippen LogP contribution in [0.1, 0.15) is 24.1 Å². The lowest BCUT2D eigenvalue weighted by atomic mass is 10.1. The van der Waals surface area contributed by atoms with Crippen LogP contribution in [-0.4, -0.2) is 36.6 Å². The normalized spacial score (nSPS) is 19.1. The number of pyridine rings is 1. The maximum Gasteiger partial charge on any atom is 0.416 e. The lowest BCUT2D eigenvalue weighted by molar-refractivity contribution is -0.137. The summed E-state index contributed by atoms with van der Waals surface area (Å²) in [5.41, 5.74) is -0.0897. The molecule has 2 aliphatic rings. The average molecular weight is 409 g/mol. The topological polar surface area (TPSA) is 45.7 Å². The minimum absolute atomic E-state index is 0.140. The highest BCUT2D eigenvalue weighted by Crippen LogP contribution is 2.36. The van der Waals surface area contributed by atoms with Gasteiger partial charge >= 0.3 is 6.18 Å². The SMILES string of the molecule is Cc1cc(C(F)(F)F)cc(N2CCC[C@H]2C(=O)N2CCOc3cc(F)ccc32)n1. The van der Waals surface area contributed by atoms with Crippen LogP contribution in [0.4, 0.5) is 29.1 Å². The highest BCUT2D eigenvalue weighted by atomic mass is 19.4. The molecule has 3 heterocycles. The number of halogens is 4. The molecule has 0 radical (unpaired) electrons. The van der Waals surface area contributed by atoms with Crippen LogP contribution in [0.5, 0.6) is 5.75 Å². The van der Waals surface area contributed by atoms with E-state index in [4.69, 9.17) is 4.74 Å². The molecule has 0 spiro atoms. The Kier molecular flexibility index (Phi) is 4.84. The first kappa shape index (κ1) is 19.5. The number of aromatic nitrogens is 1. The van der Waals surface area contributed by atoms with Gasteiger partial charge < -0.3 is 14.5 Å². The first-order valence-electron chi connectivity index (χ1n) is 9.30. The fourth-order valence-corrected chi connectivity index (χ4v) is 3.86. The van der Waals surface area contributed by atoms with Gasteiger partial charge in [-0.15, -0.1) is 0 Å². The van der Waals surface area contributed by atoms with Gasteiger partial charge in [-0.2, -0.15) is 13.2 Å². The smallest absolute Gasteiger partial charge is 0.416 e. The molecule has 0 saturated carbocycles. The van der Waals surface area contributed by atoms with Crippen molar-refractivity contribution in [2.75, 3.05) is 29.5 Å². The number of hydrogen-bond donors (Lipinski definition) is 0. The summed E-state index contributed by atoms with van der Waals surface area (Å²) in [5.74, 6) is -0.303. The third-order valence-corrected chi connectivity index (χ3v) is 5.15. The van der Waals surface area contributed by atoms with Crippen molar-refractivity contribution in [2.24, 2.45) is 0 Å². The van der Waals surface area contributed by atoms with Crippen LogP contribution in [0.2, 0.25) is 0 Å². The van der Waals surface area contributed by atoms with E-state index in [2.05, 4.69) is 4.98 Å². The summed E-state index contributed by atoms with van der Waals surface area (Å²) in [4.78, 5) is 20.7. The molecule has 5 nitrogen and oxygen atoms in total. The molecule has 1 saturated heterocycles. The molecule has 2 aromatic rings. The van der Waals surface area contributed by atoms with Gasteiger partial charge in [0.1, 0.15) is 30.0 Å².